The zero-order valence-electron chi connectivity index (χ0n) is 14.9. The molecule has 0 aliphatic carbocycles. The van der Waals surface area contributed by atoms with Crippen LogP contribution in [0.2, 0.25) is 10.0 Å². The third kappa shape index (κ3) is 5.59. The Morgan fingerprint density at radius 2 is 1.93 bits per heavy atom. The van der Waals surface area contributed by atoms with E-state index in [1.54, 1.807) is 41.9 Å². The number of aromatic nitrogens is 3. The fourth-order valence-corrected chi connectivity index (χ4v) is 3.55. The Labute approximate surface area is 179 Å². The number of benzene rings is 2. The lowest BCUT2D eigenvalue weighted by atomic mass is 10.2. The number of anilines is 1. The summed E-state index contributed by atoms with van der Waals surface area (Å²) in [5.41, 5.74) is 1.14. The van der Waals surface area contributed by atoms with Crippen LogP contribution in [0.4, 0.5) is 14.5 Å². The van der Waals surface area contributed by atoms with E-state index in [2.05, 4.69) is 20.3 Å². The summed E-state index contributed by atoms with van der Waals surface area (Å²) >= 11 is 13.1. The molecular weight excluding hydrogens is 445 g/mol. The predicted molar refractivity (Wildman–Crippen MR) is 109 cm³/mol. The van der Waals surface area contributed by atoms with Crippen LogP contribution in [0.15, 0.2) is 47.6 Å². The number of amides is 1. The predicted octanol–water partition coefficient (Wildman–Crippen LogP) is 5.12. The second-order valence-electron chi connectivity index (χ2n) is 5.73. The van der Waals surface area contributed by atoms with E-state index in [4.69, 9.17) is 23.2 Å². The van der Waals surface area contributed by atoms with Crippen molar-refractivity contribution >= 4 is 46.6 Å². The molecule has 11 heteroatoms. The Hall–Kier alpha value is -2.36. The van der Waals surface area contributed by atoms with Gasteiger partial charge in [0.15, 0.2) is 11.0 Å². The molecular formula is C18H14Cl2F2N4O2S. The van der Waals surface area contributed by atoms with Gasteiger partial charge in [-0.15, -0.1) is 10.2 Å². The third-order valence-electron chi connectivity index (χ3n) is 3.71. The Morgan fingerprint density at radius 1 is 1.21 bits per heavy atom. The SMILES string of the molecule is Cn1c(SCC(=O)Nc2ccc(Cl)cc2Cl)nnc1-c1ccc(OC(F)F)cc1. The highest BCUT2D eigenvalue weighted by Crippen LogP contribution is 2.27. The normalized spacial score (nSPS) is 11.0. The number of hydrogen-bond acceptors (Lipinski definition) is 5. The number of rotatable bonds is 7. The maximum Gasteiger partial charge on any atom is 0.387 e. The van der Waals surface area contributed by atoms with Crippen LogP contribution in [-0.4, -0.2) is 33.0 Å². The van der Waals surface area contributed by atoms with Crippen molar-refractivity contribution in [3.63, 3.8) is 0 Å². The van der Waals surface area contributed by atoms with Crippen molar-refractivity contribution in [2.45, 2.75) is 11.8 Å². The van der Waals surface area contributed by atoms with E-state index in [0.29, 0.717) is 32.3 Å². The van der Waals surface area contributed by atoms with Crippen molar-refractivity contribution < 1.29 is 18.3 Å². The van der Waals surface area contributed by atoms with Crippen molar-refractivity contribution in [2.75, 3.05) is 11.1 Å². The lowest BCUT2D eigenvalue weighted by molar-refractivity contribution is -0.113. The number of carbonyl (C=O) groups excluding carboxylic acids is 1. The molecule has 0 saturated heterocycles. The van der Waals surface area contributed by atoms with Crippen molar-refractivity contribution in [3.8, 4) is 17.1 Å². The number of ether oxygens (including phenoxy) is 1. The number of nitrogens with zero attached hydrogens (tertiary/aromatic N) is 3. The fourth-order valence-electron chi connectivity index (χ4n) is 2.38. The zero-order valence-corrected chi connectivity index (χ0v) is 17.2. The van der Waals surface area contributed by atoms with Gasteiger partial charge in [-0.25, -0.2) is 0 Å². The van der Waals surface area contributed by atoms with E-state index >= 15 is 0 Å². The monoisotopic (exact) mass is 458 g/mol. The fraction of sp³-hybridized carbons (Fsp3) is 0.167. The van der Waals surface area contributed by atoms with Gasteiger partial charge in [0, 0.05) is 17.6 Å². The number of hydrogen-bond donors (Lipinski definition) is 1. The van der Waals surface area contributed by atoms with Gasteiger partial charge in [0.05, 0.1) is 16.5 Å². The van der Waals surface area contributed by atoms with Crippen LogP contribution in [0.3, 0.4) is 0 Å². The van der Waals surface area contributed by atoms with E-state index in [9.17, 15) is 13.6 Å². The molecule has 0 spiro atoms. The van der Waals surface area contributed by atoms with Gasteiger partial charge < -0.3 is 14.6 Å². The Balaban J connectivity index is 1.62. The van der Waals surface area contributed by atoms with Crippen LogP contribution in [-0.2, 0) is 11.8 Å². The van der Waals surface area contributed by atoms with Gasteiger partial charge in [0.2, 0.25) is 5.91 Å². The largest absolute Gasteiger partial charge is 0.435 e. The van der Waals surface area contributed by atoms with Crippen LogP contribution in [0.25, 0.3) is 11.4 Å². The maximum atomic E-state index is 12.2. The molecule has 0 fully saturated rings. The molecule has 1 heterocycles. The number of thioether (sulfide) groups is 1. The van der Waals surface area contributed by atoms with Crippen LogP contribution in [0.1, 0.15) is 0 Å². The standard InChI is InChI=1S/C18H14Cl2F2N4O2S/c1-26-16(10-2-5-12(6-3-10)28-17(21)22)24-25-18(26)29-9-15(27)23-14-7-4-11(19)8-13(14)20/h2-8,17H,9H2,1H3,(H,23,27). The second-order valence-corrected chi connectivity index (χ2v) is 7.52. The average molecular weight is 459 g/mol. The highest BCUT2D eigenvalue weighted by molar-refractivity contribution is 7.99. The van der Waals surface area contributed by atoms with Gasteiger partial charge in [0.1, 0.15) is 5.75 Å². The van der Waals surface area contributed by atoms with E-state index in [1.165, 1.54) is 23.9 Å². The molecule has 29 heavy (non-hydrogen) atoms. The summed E-state index contributed by atoms with van der Waals surface area (Å²) < 4.78 is 30.5. The summed E-state index contributed by atoms with van der Waals surface area (Å²) in [7, 11) is 1.75. The molecule has 1 amide bonds. The first kappa shape index (κ1) is 21.4. The molecule has 0 bridgehead atoms. The molecule has 1 N–H and O–H groups in total. The lowest BCUT2D eigenvalue weighted by Gasteiger charge is -2.08. The summed E-state index contributed by atoms with van der Waals surface area (Å²) in [6.45, 7) is -2.88. The highest BCUT2D eigenvalue weighted by atomic mass is 35.5. The number of halogens is 4. The molecule has 0 aliphatic rings. The van der Waals surface area contributed by atoms with Crippen LogP contribution in [0, 0.1) is 0 Å². The molecule has 2 aromatic carbocycles. The van der Waals surface area contributed by atoms with Gasteiger partial charge in [0.25, 0.3) is 0 Å². The average Bonchev–Trinajstić information content (AvgIpc) is 3.03. The number of alkyl halides is 2. The summed E-state index contributed by atoms with van der Waals surface area (Å²) in [4.78, 5) is 12.2. The van der Waals surface area contributed by atoms with Crippen molar-refractivity contribution in [1.29, 1.82) is 0 Å². The van der Waals surface area contributed by atoms with Crippen LogP contribution < -0.4 is 10.1 Å². The molecule has 0 aliphatic heterocycles. The quantitative estimate of drug-likeness (QED) is 0.497. The lowest BCUT2D eigenvalue weighted by Crippen LogP contribution is -2.14. The number of carbonyl (C=O) groups is 1. The van der Waals surface area contributed by atoms with Crippen LogP contribution in [0.5, 0.6) is 5.75 Å². The van der Waals surface area contributed by atoms with Crippen molar-refractivity contribution in [3.05, 3.63) is 52.5 Å². The first-order valence-electron chi connectivity index (χ1n) is 8.16. The molecule has 0 radical (unpaired) electrons. The first-order chi connectivity index (χ1) is 13.8. The van der Waals surface area contributed by atoms with Gasteiger partial charge in [-0.05, 0) is 42.5 Å². The van der Waals surface area contributed by atoms with Gasteiger partial charge in [-0.2, -0.15) is 8.78 Å². The van der Waals surface area contributed by atoms with E-state index in [0.717, 1.165) is 0 Å². The number of nitrogens with one attached hydrogen (secondary N) is 1. The first-order valence-corrected chi connectivity index (χ1v) is 9.90. The summed E-state index contributed by atoms with van der Waals surface area (Å²) in [6, 6.07) is 10.8. The topological polar surface area (TPSA) is 69.0 Å². The Morgan fingerprint density at radius 3 is 2.59 bits per heavy atom. The molecule has 1 aromatic heterocycles. The van der Waals surface area contributed by atoms with E-state index in [-0.39, 0.29) is 17.4 Å². The minimum absolute atomic E-state index is 0.0537. The van der Waals surface area contributed by atoms with E-state index < -0.39 is 6.61 Å². The Kier molecular flexibility index (Phi) is 6.94. The molecule has 0 saturated carbocycles. The van der Waals surface area contributed by atoms with Gasteiger partial charge in [-0.1, -0.05) is 35.0 Å². The summed E-state index contributed by atoms with van der Waals surface area (Å²) in [5, 5.41) is 12.2. The minimum atomic E-state index is -2.88. The van der Waals surface area contributed by atoms with Crippen LogP contribution >= 0.6 is 35.0 Å². The van der Waals surface area contributed by atoms with Crippen molar-refractivity contribution in [1.82, 2.24) is 14.8 Å². The van der Waals surface area contributed by atoms with E-state index in [1.807, 2.05) is 0 Å². The molecule has 3 aromatic rings. The molecule has 3 rings (SSSR count). The zero-order chi connectivity index (χ0) is 21.0. The molecule has 152 valence electrons. The van der Waals surface area contributed by atoms with Crippen molar-refractivity contribution in [2.24, 2.45) is 7.05 Å². The maximum absolute atomic E-state index is 12.2. The van der Waals surface area contributed by atoms with Gasteiger partial charge >= 0.3 is 6.61 Å². The summed E-state index contributed by atoms with van der Waals surface area (Å²) in [5.74, 6) is 0.402. The Bertz CT molecular complexity index is 1020. The smallest absolute Gasteiger partial charge is 0.387 e. The molecule has 6 nitrogen and oxygen atoms in total. The molecule has 0 atom stereocenters. The highest BCUT2D eigenvalue weighted by Gasteiger charge is 2.14. The minimum Gasteiger partial charge on any atom is -0.435 e. The van der Waals surface area contributed by atoms with Gasteiger partial charge in [-0.3, -0.25) is 4.79 Å². The second kappa shape index (κ2) is 9.43. The molecule has 0 unspecified atom stereocenters. The third-order valence-corrected chi connectivity index (χ3v) is 5.28. The summed E-state index contributed by atoms with van der Waals surface area (Å²) in [6.07, 6.45) is 0.